The summed E-state index contributed by atoms with van der Waals surface area (Å²) in [7, 11) is 0. The highest BCUT2D eigenvalue weighted by Crippen LogP contribution is 2.21. The van der Waals surface area contributed by atoms with Crippen LogP contribution >= 0.6 is 35.4 Å². The van der Waals surface area contributed by atoms with Crippen molar-refractivity contribution in [1.29, 1.82) is 0 Å². The molecule has 0 atom stereocenters. The second-order valence-corrected chi connectivity index (χ2v) is 7.70. The van der Waals surface area contributed by atoms with E-state index in [4.69, 9.17) is 35.4 Å². The molecule has 146 valence electrons. The molecule has 1 aromatic carbocycles. The Labute approximate surface area is 173 Å². The number of hydrogen-bond acceptors (Lipinski definition) is 2. The van der Waals surface area contributed by atoms with Crippen LogP contribution in [0.4, 0.5) is 0 Å². The maximum atomic E-state index is 5.96. The van der Waals surface area contributed by atoms with Gasteiger partial charge in [-0.25, -0.2) is 0 Å². The summed E-state index contributed by atoms with van der Waals surface area (Å²) in [6, 6.07) is 5.35. The molecule has 0 spiro atoms. The second-order valence-electron chi connectivity index (χ2n) is 6.48. The fourth-order valence-corrected chi connectivity index (χ4v) is 3.07. The zero-order valence-electron chi connectivity index (χ0n) is 15.7. The molecule has 0 aliphatic rings. The Kier molecular flexibility index (Phi) is 13.6. The average molecular weight is 416 g/mol. The number of rotatable bonds is 13. The summed E-state index contributed by atoms with van der Waals surface area (Å²) in [5, 5.41) is 8.86. The molecule has 0 bridgehead atoms. The van der Waals surface area contributed by atoms with Crippen LogP contribution in [0.2, 0.25) is 10.0 Å². The zero-order chi connectivity index (χ0) is 19.0. The first-order chi connectivity index (χ1) is 12.6. The normalized spacial score (nSPS) is 11.0. The highest BCUT2D eigenvalue weighted by Gasteiger charge is 1.98. The Morgan fingerprint density at radius 1 is 0.962 bits per heavy atom. The number of halogens is 2. The topological polar surface area (TPSA) is 36.4 Å². The molecule has 0 unspecified atom stereocenters. The lowest BCUT2D eigenvalue weighted by atomic mass is 10.1. The van der Waals surface area contributed by atoms with E-state index in [1.54, 1.807) is 18.3 Å². The maximum Gasteiger partial charge on any atom is 0.186 e. The predicted octanol–water partition coefficient (Wildman–Crippen LogP) is 6.71. The van der Waals surface area contributed by atoms with Crippen LogP contribution in [0, 0.1) is 0 Å². The third-order valence-electron chi connectivity index (χ3n) is 4.14. The van der Waals surface area contributed by atoms with Gasteiger partial charge in [-0.15, -0.1) is 0 Å². The van der Waals surface area contributed by atoms with Crippen molar-refractivity contribution < 1.29 is 0 Å². The van der Waals surface area contributed by atoms with E-state index in [1.807, 2.05) is 6.07 Å². The van der Waals surface area contributed by atoms with Crippen LogP contribution in [0.5, 0.6) is 0 Å². The van der Waals surface area contributed by atoms with Crippen LogP contribution in [0.15, 0.2) is 23.3 Å². The van der Waals surface area contributed by atoms with E-state index < -0.39 is 0 Å². The van der Waals surface area contributed by atoms with Crippen molar-refractivity contribution in [2.24, 2.45) is 5.10 Å². The van der Waals surface area contributed by atoms with Gasteiger partial charge in [-0.3, -0.25) is 5.43 Å². The molecule has 0 amide bonds. The van der Waals surface area contributed by atoms with E-state index in [9.17, 15) is 0 Å². The van der Waals surface area contributed by atoms with Crippen LogP contribution in [0.25, 0.3) is 0 Å². The minimum atomic E-state index is 0.511. The van der Waals surface area contributed by atoms with Crippen molar-refractivity contribution in [3.05, 3.63) is 33.8 Å². The Balaban J connectivity index is 1.98. The molecule has 0 radical (unpaired) electrons. The third kappa shape index (κ3) is 11.7. The van der Waals surface area contributed by atoms with Gasteiger partial charge in [0.05, 0.1) is 16.3 Å². The number of unbranched alkanes of at least 4 members (excludes halogenated alkanes) is 9. The van der Waals surface area contributed by atoms with Gasteiger partial charge in [-0.05, 0) is 36.3 Å². The van der Waals surface area contributed by atoms with Crippen molar-refractivity contribution in [3.8, 4) is 0 Å². The summed E-state index contributed by atoms with van der Waals surface area (Å²) in [6.45, 7) is 3.14. The average Bonchev–Trinajstić information content (AvgIpc) is 2.62. The smallest absolute Gasteiger partial charge is 0.186 e. The van der Waals surface area contributed by atoms with Gasteiger partial charge in [0.1, 0.15) is 0 Å². The summed E-state index contributed by atoms with van der Waals surface area (Å²) in [6.07, 6.45) is 15.0. The zero-order valence-corrected chi connectivity index (χ0v) is 18.0. The fourth-order valence-electron chi connectivity index (χ4n) is 2.61. The van der Waals surface area contributed by atoms with Crippen LogP contribution in [-0.4, -0.2) is 17.9 Å². The molecule has 6 heteroatoms. The number of hydrazone groups is 1. The first kappa shape index (κ1) is 23.2. The molecule has 0 aliphatic heterocycles. The molecule has 0 fully saturated rings. The largest absolute Gasteiger partial charge is 0.361 e. The predicted molar refractivity (Wildman–Crippen MR) is 120 cm³/mol. The molecule has 2 N–H and O–H groups in total. The molecule has 0 saturated heterocycles. The lowest BCUT2D eigenvalue weighted by Crippen LogP contribution is -2.32. The van der Waals surface area contributed by atoms with Crippen LogP contribution in [0.3, 0.4) is 0 Å². The monoisotopic (exact) mass is 415 g/mol. The van der Waals surface area contributed by atoms with Crippen molar-refractivity contribution in [2.45, 2.75) is 71.1 Å². The lowest BCUT2D eigenvalue weighted by molar-refractivity contribution is 0.554. The van der Waals surface area contributed by atoms with Gasteiger partial charge in [0.15, 0.2) is 5.11 Å². The molecule has 3 nitrogen and oxygen atoms in total. The second kappa shape index (κ2) is 15.2. The number of nitrogens with one attached hydrogen (secondary N) is 2. The summed E-state index contributed by atoms with van der Waals surface area (Å²) in [4.78, 5) is 0. The Hall–Kier alpha value is -0.840. The minimum absolute atomic E-state index is 0.511. The van der Waals surface area contributed by atoms with Gasteiger partial charge < -0.3 is 5.32 Å². The third-order valence-corrected chi connectivity index (χ3v) is 5.11. The molecular weight excluding hydrogens is 385 g/mol. The Morgan fingerprint density at radius 3 is 2.19 bits per heavy atom. The van der Waals surface area contributed by atoms with Gasteiger partial charge in [0.25, 0.3) is 0 Å². The van der Waals surface area contributed by atoms with Gasteiger partial charge in [0.2, 0.25) is 0 Å². The van der Waals surface area contributed by atoms with Crippen molar-refractivity contribution in [3.63, 3.8) is 0 Å². The molecule has 1 aromatic rings. The minimum Gasteiger partial charge on any atom is -0.361 e. The molecule has 0 aliphatic carbocycles. The van der Waals surface area contributed by atoms with Gasteiger partial charge in [0, 0.05) is 6.54 Å². The summed E-state index contributed by atoms with van der Waals surface area (Å²) < 4.78 is 0. The van der Waals surface area contributed by atoms with E-state index in [-0.39, 0.29) is 0 Å². The standard InChI is InChI=1S/C20H31Cl2N3S/c1-2-3-4-5-6-7-8-9-10-11-14-23-20(26)25-24-16-17-12-13-18(21)19(22)15-17/h12-13,15-16H,2-11,14H2,1H3,(H2,23,25,26). The molecule has 0 saturated carbocycles. The SMILES string of the molecule is CCCCCCCCCCCCNC(=S)NN=Cc1ccc(Cl)c(Cl)c1. The fraction of sp³-hybridized carbons (Fsp3) is 0.600. The molecule has 26 heavy (non-hydrogen) atoms. The molecule has 0 heterocycles. The number of benzene rings is 1. The highest BCUT2D eigenvalue weighted by molar-refractivity contribution is 7.80. The first-order valence-electron chi connectivity index (χ1n) is 9.65. The number of nitrogens with zero attached hydrogens (tertiary/aromatic N) is 1. The summed E-state index contributed by atoms with van der Waals surface area (Å²) in [5.41, 5.74) is 3.68. The lowest BCUT2D eigenvalue weighted by Gasteiger charge is -2.07. The van der Waals surface area contributed by atoms with Gasteiger partial charge in [-0.1, -0.05) is 94.0 Å². The van der Waals surface area contributed by atoms with E-state index in [0.29, 0.717) is 15.2 Å². The number of hydrogen-bond donors (Lipinski definition) is 2. The molecule has 1 rings (SSSR count). The van der Waals surface area contributed by atoms with E-state index in [0.717, 1.165) is 18.5 Å². The first-order valence-corrected chi connectivity index (χ1v) is 10.8. The molecule has 0 aromatic heterocycles. The van der Waals surface area contributed by atoms with E-state index in [1.165, 1.54) is 57.8 Å². The maximum absolute atomic E-state index is 5.96. The van der Waals surface area contributed by atoms with Crippen molar-refractivity contribution in [1.82, 2.24) is 10.7 Å². The van der Waals surface area contributed by atoms with Crippen LogP contribution in [-0.2, 0) is 0 Å². The quantitative estimate of drug-likeness (QED) is 0.162. The van der Waals surface area contributed by atoms with Crippen LogP contribution < -0.4 is 10.7 Å². The van der Waals surface area contributed by atoms with Crippen molar-refractivity contribution in [2.75, 3.05) is 6.54 Å². The Morgan fingerprint density at radius 2 is 1.58 bits per heavy atom. The van der Waals surface area contributed by atoms with Crippen LogP contribution in [0.1, 0.15) is 76.7 Å². The highest BCUT2D eigenvalue weighted by atomic mass is 35.5. The molecular formula is C20H31Cl2N3S. The van der Waals surface area contributed by atoms with E-state index in [2.05, 4.69) is 22.8 Å². The Bertz CT molecular complexity index is 550. The van der Waals surface area contributed by atoms with Crippen molar-refractivity contribution >= 4 is 46.7 Å². The van der Waals surface area contributed by atoms with Gasteiger partial charge >= 0.3 is 0 Å². The number of thiocarbonyl (C=S) groups is 1. The van der Waals surface area contributed by atoms with Gasteiger partial charge in [-0.2, -0.15) is 5.10 Å². The summed E-state index contributed by atoms with van der Waals surface area (Å²) >= 11 is 17.0. The summed E-state index contributed by atoms with van der Waals surface area (Å²) in [5.74, 6) is 0. The van der Waals surface area contributed by atoms with E-state index >= 15 is 0 Å².